The van der Waals surface area contributed by atoms with Gasteiger partial charge in [-0.1, -0.05) is 13.8 Å². The Morgan fingerprint density at radius 2 is 1.42 bits per heavy atom. The van der Waals surface area contributed by atoms with Crippen molar-refractivity contribution in [2.45, 2.75) is 83.1 Å². The highest BCUT2D eigenvalue weighted by molar-refractivity contribution is 5.94. The molecule has 0 aliphatic heterocycles. The summed E-state index contributed by atoms with van der Waals surface area (Å²) in [6, 6.07) is -4.98. The number of carbonyl (C=O) groups excluding carboxylic acids is 4. The summed E-state index contributed by atoms with van der Waals surface area (Å²) in [5.41, 5.74) is 21.5. The number of nitrogens with two attached hydrogens (primary N) is 4. The standard InChI is InChI=1S/C21H40N8O7/c1-10(2)9-14(19(34)29-16(11(3)30)20(35)36)28-18(33)13(5-4-8-26-21(24)25)27-17(32)12(22)6-7-15(23)31/h10-14,16,30H,4-9,22H2,1-3H3,(H2,23,31)(H,27,32)(H,28,33)(H,29,34)(H,35,36)(H4,24,25,26). The molecule has 36 heavy (non-hydrogen) atoms. The van der Waals surface area contributed by atoms with Crippen LogP contribution in [-0.4, -0.2) is 82.6 Å². The first kappa shape index (κ1) is 32.5. The molecule has 0 rings (SSSR count). The van der Waals surface area contributed by atoms with Gasteiger partial charge >= 0.3 is 5.97 Å². The largest absolute Gasteiger partial charge is 0.480 e. The number of guanidine groups is 1. The molecule has 0 radical (unpaired) electrons. The van der Waals surface area contributed by atoms with Crippen molar-refractivity contribution >= 4 is 35.6 Å². The van der Waals surface area contributed by atoms with E-state index in [0.29, 0.717) is 0 Å². The van der Waals surface area contributed by atoms with Crippen LogP contribution in [0.3, 0.4) is 0 Å². The maximum atomic E-state index is 13.1. The molecule has 0 aromatic carbocycles. The van der Waals surface area contributed by atoms with Crippen molar-refractivity contribution in [3.05, 3.63) is 0 Å². The van der Waals surface area contributed by atoms with Gasteiger partial charge < -0.3 is 49.1 Å². The molecule has 15 heteroatoms. The Balaban J connectivity index is 5.60. The quantitative estimate of drug-likeness (QED) is 0.0524. The van der Waals surface area contributed by atoms with Crippen molar-refractivity contribution in [3.63, 3.8) is 0 Å². The Bertz CT molecular complexity index is 799. The zero-order chi connectivity index (χ0) is 28.0. The zero-order valence-corrected chi connectivity index (χ0v) is 20.9. The SMILES string of the molecule is CC(C)CC(NC(=O)C(CCCN=C(N)N)NC(=O)C(N)CCC(N)=O)C(=O)NC(C(=O)O)C(C)O. The first-order valence-corrected chi connectivity index (χ1v) is 11.6. The second-order valence-corrected chi connectivity index (χ2v) is 8.88. The van der Waals surface area contributed by atoms with Crippen LogP contribution in [0, 0.1) is 5.92 Å². The summed E-state index contributed by atoms with van der Waals surface area (Å²) in [4.78, 5) is 64.5. The molecule has 0 bridgehead atoms. The number of amides is 4. The number of aliphatic imine (C=N–C) groups is 1. The Labute approximate surface area is 209 Å². The normalized spacial score (nSPS) is 15.1. The maximum absolute atomic E-state index is 13.1. The molecule has 4 amide bonds. The number of nitrogens with zero attached hydrogens (tertiary/aromatic N) is 1. The predicted octanol–water partition coefficient (Wildman–Crippen LogP) is -3.40. The van der Waals surface area contributed by atoms with E-state index in [1.54, 1.807) is 13.8 Å². The van der Waals surface area contributed by atoms with Gasteiger partial charge in [-0.15, -0.1) is 0 Å². The van der Waals surface area contributed by atoms with Gasteiger partial charge in [0.2, 0.25) is 23.6 Å². The van der Waals surface area contributed by atoms with Gasteiger partial charge in [-0.25, -0.2) is 4.79 Å². The number of carboxylic acids is 1. The lowest BCUT2D eigenvalue weighted by atomic mass is 10.0. The van der Waals surface area contributed by atoms with Crippen LogP contribution < -0.4 is 38.9 Å². The summed E-state index contributed by atoms with van der Waals surface area (Å²) in [6.07, 6.45) is -1.02. The number of aliphatic hydroxyl groups excluding tert-OH is 1. The molecule has 15 nitrogen and oxygen atoms in total. The molecule has 206 valence electrons. The summed E-state index contributed by atoms with van der Waals surface area (Å²) in [5, 5.41) is 26.1. The van der Waals surface area contributed by atoms with Crippen molar-refractivity contribution in [1.82, 2.24) is 16.0 Å². The molecule has 13 N–H and O–H groups in total. The van der Waals surface area contributed by atoms with Gasteiger partial charge in [0.15, 0.2) is 12.0 Å². The second-order valence-electron chi connectivity index (χ2n) is 8.88. The average molecular weight is 517 g/mol. The van der Waals surface area contributed by atoms with Crippen LogP contribution in [0.1, 0.15) is 52.9 Å². The lowest BCUT2D eigenvalue weighted by Gasteiger charge is -2.26. The molecular formula is C21H40N8O7. The van der Waals surface area contributed by atoms with E-state index in [4.69, 9.17) is 22.9 Å². The third kappa shape index (κ3) is 13.4. The minimum Gasteiger partial charge on any atom is -0.480 e. The van der Waals surface area contributed by atoms with Crippen LogP contribution in [-0.2, 0) is 24.0 Å². The Morgan fingerprint density at radius 3 is 1.89 bits per heavy atom. The van der Waals surface area contributed by atoms with Gasteiger partial charge in [0, 0.05) is 13.0 Å². The first-order valence-electron chi connectivity index (χ1n) is 11.6. The lowest BCUT2D eigenvalue weighted by molar-refractivity contribution is -0.145. The highest BCUT2D eigenvalue weighted by atomic mass is 16.4. The van der Waals surface area contributed by atoms with Crippen LogP contribution in [0.4, 0.5) is 0 Å². The number of aliphatic hydroxyl groups is 1. The number of carbonyl (C=O) groups is 5. The third-order valence-corrected chi connectivity index (χ3v) is 5.00. The maximum Gasteiger partial charge on any atom is 0.328 e. The molecule has 0 aromatic heterocycles. The van der Waals surface area contributed by atoms with Crippen molar-refractivity contribution in [3.8, 4) is 0 Å². The highest BCUT2D eigenvalue weighted by Crippen LogP contribution is 2.08. The topological polar surface area (TPSA) is 278 Å². The molecule has 5 unspecified atom stereocenters. The molecule has 0 aliphatic carbocycles. The highest BCUT2D eigenvalue weighted by Gasteiger charge is 2.32. The number of aliphatic carboxylic acids is 1. The van der Waals surface area contributed by atoms with Crippen molar-refractivity contribution in [2.75, 3.05) is 6.54 Å². The third-order valence-electron chi connectivity index (χ3n) is 5.00. The predicted molar refractivity (Wildman–Crippen MR) is 131 cm³/mol. The molecule has 0 saturated carbocycles. The average Bonchev–Trinajstić information content (AvgIpc) is 2.75. The Hall–Kier alpha value is -3.46. The van der Waals surface area contributed by atoms with Crippen molar-refractivity contribution in [2.24, 2.45) is 33.8 Å². The summed E-state index contributed by atoms with van der Waals surface area (Å²) in [6.45, 7) is 4.96. The molecule has 0 heterocycles. The van der Waals surface area contributed by atoms with Crippen molar-refractivity contribution < 1.29 is 34.2 Å². The monoisotopic (exact) mass is 516 g/mol. The Kier molecular flexibility index (Phi) is 14.7. The fourth-order valence-corrected chi connectivity index (χ4v) is 3.10. The van der Waals surface area contributed by atoms with Gasteiger partial charge in [-0.3, -0.25) is 24.2 Å². The fourth-order valence-electron chi connectivity index (χ4n) is 3.10. The fraction of sp³-hybridized carbons (Fsp3) is 0.714. The van der Waals surface area contributed by atoms with E-state index < -0.39 is 59.9 Å². The summed E-state index contributed by atoms with van der Waals surface area (Å²) < 4.78 is 0. The van der Waals surface area contributed by atoms with E-state index in [1.165, 1.54) is 6.92 Å². The van der Waals surface area contributed by atoms with Gasteiger partial charge in [-0.2, -0.15) is 0 Å². The van der Waals surface area contributed by atoms with Crippen LogP contribution in [0.15, 0.2) is 4.99 Å². The van der Waals surface area contributed by atoms with E-state index in [2.05, 4.69) is 20.9 Å². The molecule has 0 saturated heterocycles. The number of hydrogen-bond donors (Lipinski definition) is 9. The lowest BCUT2D eigenvalue weighted by Crippen LogP contribution is -2.58. The van der Waals surface area contributed by atoms with Gasteiger partial charge in [0.25, 0.3) is 0 Å². The summed E-state index contributed by atoms with van der Waals surface area (Å²) in [7, 11) is 0. The number of rotatable bonds is 17. The zero-order valence-electron chi connectivity index (χ0n) is 20.9. The molecule has 0 aliphatic rings. The van der Waals surface area contributed by atoms with Gasteiger partial charge in [0.1, 0.15) is 12.1 Å². The van der Waals surface area contributed by atoms with E-state index in [9.17, 15) is 34.2 Å². The van der Waals surface area contributed by atoms with Crippen LogP contribution in [0.5, 0.6) is 0 Å². The number of primary amides is 1. The smallest absolute Gasteiger partial charge is 0.328 e. The van der Waals surface area contributed by atoms with E-state index in [0.717, 1.165) is 0 Å². The molecule has 0 aromatic rings. The van der Waals surface area contributed by atoms with Crippen molar-refractivity contribution in [1.29, 1.82) is 0 Å². The number of carboxylic acid groups (broad SMARTS) is 1. The first-order chi connectivity index (χ1) is 16.6. The van der Waals surface area contributed by atoms with Gasteiger partial charge in [0.05, 0.1) is 12.1 Å². The summed E-state index contributed by atoms with van der Waals surface area (Å²) >= 11 is 0. The molecule has 5 atom stereocenters. The molecule has 0 fully saturated rings. The minimum absolute atomic E-state index is 0.0300. The molecule has 0 spiro atoms. The van der Waals surface area contributed by atoms with E-state index in [-0.39, 0.29) is 50.5 Å². The molecular weight excluding hydrogens is 476 g/mol. The van der Waals surface area contributed by atoms with E-state index in [1.807, 2.05) is 0 Å². The minimum atomic E-state index is -1.58. The Morgan fingerprint density at radius 1 is 0.861 bits per heavy atom. The van der Waals surface area contributed by atoms with Gasteiger partial charge in [-0.05, 0) is 38.5 Å². The second kappa shape index (κ2) is 16.3. The summed E-state index contributed by atoms with van der Waals surface area (Å²) in [5.74, 6) is -4.54. The number of nitrogens with one attached hydrogen (secondary N) is 3. The van der Waals surface area contributed by atoms with Crippen LogP contribution >= 0.6 is 0 Å². The van der Waals surface area contributed by atoms with Crippen LogP contribution in [0.25, 0.3) is 0 Å². The van der Waals surface area contributed by atoms with E-state index >= 15 is 0 Å². The van der Waals surface area contributed by atoms with Crippen LogP contribution in [0.2, 0.25) is 0 Å². The number of hydrogen-bond acceptors (Lipinski definition) is 8.